The van der Waals surface area contributed by atoms with Gasteiger partial charge in [0.05, 0.1) is 27.9 Å². The number of pyridine rings is 1. The number of alkyl halides is 3. The molecule has 1 saturated carbocycles. The van der Waals surface area contributed by atoms with E-state index in [1.54, 1.807) is 6.92 Å². The van der Waals surface area contributed by atoms with Crippen molar-refractivity contribution >= 4 is 39.1 Å². The molecule has 2 aromatic heterocycles. The summed E-state index contributed by atoms with van der Waals surface area (Å²) in [6, 6.07) is 1.06. The summed E-state index contributed by atoms with van der Waals surface area (Å²) in [6.07, 6.45) is -2.00. The molecule has 1 aliphatic heterocycles. The van der Waals surface area contributed by atoms with Crippen LogP contribution in [0.25, 0.3) is 10.2 Å². The number of carbonyl (C=O) groups excluding carboxylic acids is 2. The molecule has 2 aliphatic rings. The highest BCUT2D eigenvalue weighted by atomic mass is 32.1. The van der Waals surface area contributed by atoms with Gasteiger partial charge >= 0.3 is 6.18 Å². The summed E-state index contributed by atoms with van der Waals surface area (Å²) in [5.74, 6) is 0.596. The minimum atomic E-state index is -4.54. The van der Waals surface area contributed by atoms with Gasteiger partial charge in [-0.1, -0.05) is 6.92 Å². The number of anilines is 1. The summed E-state index contributed by atoms with van der Waals surface area (Å²) < 4.78 is 41.4. The lowest BCUT2D eigenvalue weighted by molar-refractivity contribution is -0.136. The van der Waals surface area contributed by atoms with Gasteiger partial charge in [0.25, 0.3) is 0 Å². The summed E-state index contributed by atoms with van der Waals surface area (Å²) in [4.78, 5) is 32.8. The van der Waals surface area contributed by atoms with Crippen LogP contribution in [-0.4, -0.2) is 60.3 Å². The van der Waals surface area contributed by atoms with Crippen molar-refractivity contribution in [3.8, 4) is 0 Å². The van der Waals surface area contributed by atoms with E-state index >= 15 is 0 Å². The smallest absolute Gasteiger partial charge is 0.355 e. The van der Waals surface area contributed by atoms with Crippen molar-refractivity contribution in [3.63, 3.8) is 0 Å². The van der Waals surface area contributed by atoms with Gasteiger partial charge in [0.1, 0.15) is 5.82 Å². The predicted molar refractivity (Wildman–Crippen MR) is 118 cm³/mol. The first-order valence-electron chi connectivity index (χ1n) is 11.0. The summed E-state index contributed by atoms with van der Waals surface area (Å²) in [5.41, 5.74) is -0.382. The van der Waals surface area contributed by atoms with Crippen LogP contribution in [0.4, 0.5) is 19.0 Å². The van der Waals surface area contributed by atoms with Crippen LogP contribution in [-0.2, 0) is 11.0 Å². The molecule has 1 aliphatic carbocycles. The third-order valence-electron chi connectivity index (χ3n) is 6.16. The molecule has 10 heteroatoms. The van der Waals surface area contributed by atoms with Crippen molar-refractivity contribution in [1.82, 2.24) is 15.2 Å². The first kappa shape index (κ1) is 23.0. The van der Waals surface area contributed by atoms with E-state index < -0.39 is 11.7 Å². The number of Topliss-reactive ketones (excluding diaryl/α,β-unsaturated/α-hetero) is 1. The lowest BCUT2D eigenvalue weighted by atomic mass is 10.1. The SMILES string of the molecule is CCC(=O)c1csc2c(C(F)(F)F)cc(N3CCN(CC(=O)NCC4CC4)C(C)C3)nc12. The second kappa shape index (κ2) is 8.97. The zero-order valence-electron chi connectivity index (χ0n) is 18.2. The summed E-state index contributed by atoms with van der Waals surface area (Å²) in [5, 5.41) is 4.43. The number of carbonyl (C=O) groups is 2. The fraction of sp³-hybridized carbons (Fsp3) is 0.591. The maximum Gasteiger partial charge on any atom is 0.417 e. The fourth-order valence-electron chi connectivity index (χ4n) is 4.01. The molecule has 1 unspecified atom stereocenters. The van der Waals surface area contributed by atoms with E-state index in [4.69, 9.17) is 0 Å². The Balaban J connectivity index is 1.54. The van der Waals surface area contributed by atoms with Crippen molar-refractivity contribution in [1.29, 1.82) is 0 Å². The molecule has 174 valence electrons. The van der Waals surface area contributed by atoms with Crippen LogP contribution >= 0.6 is 11.3 Å². The second-order valence-corrected chi connectivity index (χ2v) is 9.52. The Morgan fingerprint density at radius 2 is 2.03 bits per heavy atom. The molecule has 4 rings (SSSR count). The van der Waals surface area contributed by atoms with Crippen molar-refractivity contribution in [2.45, 2.75) is 45.3 Å². The average Bonchev–Trinajstić information content (AvgIpc) is 3.48. The molecule has 1 saturated heterocycles. The quantitative estimate of drug-likeness (QED) is 0.624. The average molecular weight is 469 g/mol. The van der Waals surface area contributed by atoms with Gasteiger partial charge in [-0.05, 0) is 31.7 Å². The fourth-order valence-corrected chi connectivity index (χ4v) is 5.06. The van der Waals surface area contributed by atoms with E-state index in [0.717, 1.165) is 23.9 Å². The van der Waals surface area contributed by atoms with Gasteiger partial charge < -0.3 is 10.2 Å². The van der Waals surface area contributed by atoms with Crippen molar-refractivity contribution in [2.24, 2.45) is 5.92 Å². The highest BCUT2D eigenvalue weighted by Gasteiger charge is 2.36. The Morgan fingerprint density at radius 1 is 1.28 bits per heavy atom. The van der Waals surface area contributed by atoms with E-state index in [9.17, 15) is 22.8 Å². The number of nitrogens with one attached hydrogen (secondary N) is 1. The third-order valence-corrected chi connectivity index (χ3v) is 7.16. The minimum Gasteiger partial charge on any atom is -0.355 e. The first-order valence-corrected chi connectivity index (χ1v) is 11.8. The minimum absolute atomic E-state index is 0.00271. The van der Waals surface area contributed by atoms with Crippen LogP contribution in [0, 0.1) is 5.92 Å². The number of rotatable bonds is 7. The van der Waals surface area contributed by atoms with E-state index in [1.165, 1.54) is 18.2 Å². The van der Waals surface area contributed by atoms with Gasteiger partial charge in [-0.15, -0.1) is 11.3 Å². The molecular formula is C22H27F3N4O2S. The predicted octanol–water partition coefficient (Wildman–Crippen LogP) is 3.94. The lowest BCUT2D eigenvalue weighted by Crippen LogP contribution is -2.54. The Kier molecular flexibility index (Phi) is 6.44. The van der Waals surface area contributed by atoms with Gasteiger partial charge in [0.2, 0.25) is 5.91 Å². The summed E-state index contributed by atoms with van der Waals surface area (Å²) in [7, 11) is 0. The number of piperazine rings is 1. The zero-order chi connectivity index (χ0) is 23.0. The van der Waals surface area contributed by atoms with Crippen molar-refractivity contribution in [3.05, 3.63) is 22.6 Å². The Hall–Kier alpha value is -2.20. The first-order chi connectivity index (χ1) is 15.2. The highest BCUT2D eigenvalue weighted by molar-refractivity contribution is 7.17. The molecule has 0 bridgehead atoms. The number of aromatic nitrogens is 1. The zero-order valence-corrected chi connectivity index (χ0v) is 19.0. The topological polar surface area (TPSA) is 65.5 Å². The molecule has 2 aromatic rings. The molecule has 0 aromatic carbocycles. The second-order valence-electron chi connectivity index (χ2n) is 8.64. The van der Waals surface area contributed by atoms with E-state index in [-0.39, 0.29) is 52.3 Å². The molecular weight excluding hydrogens is 441 g/mol. The molecule has 0 spiro atoms. The van der Waals surface area contributed by atoms with Crippen LogP contribution in [0.2, 0.25) is 0 Å². The number of hydrogen-bond donors (Lipinski definition) is 1. The van der Waals surface area contributed by atoms with E-state index in [0.29, 0.717) is 25.6 Å². The molecule has 0 radical (unpaired) electrons. The largest absolute Gasteiger partial charge is 0.417 e. The van der Waals surface area contributed by atoms with Crippen LogP contribution in [0.5, 0.6) is 0 Å². The Morgan fingerprint density at radius 3 is 2.66 bits per heavy atom. The normalized spacial score (nSPS) is 20.0. The molecule has 6 nitrogen and oxygen atoms in total. The Labute approximate surface area is 188 Å². The van der Waals surface area contributed by atoms with Gasteiger partial charge in [0.15, 0.2) is 5.78 Å². The molecule has 1 atom stereocenters. The summed E-state index contributed by atoms with van der Waals surface area (Å²) in [6.45, 7) is 6.09. The highest BCUT2D eigenvalue weighted by Crippen LogP contribution is 2.40. The lowest BCUT2D eigenvalue weighted by Gasteiger charge is -2.40. The molecule has 32 heavy (non-hydrogen) atoms. The summed E-state index contributed by atoms with van der Waals surface area (Å²) >= 11 is 0.911. The number of amides is 1. The molecule has 3 heterocycles. The van der Waals surface area contributed by atoms with Gasteiger partial charge in [0, 0.05) is 44.0 Å². The van der Waals surface area contributed by atoms with Crippen molar-refractivity contribution in [2.75, 3.05) is 37.6 Å². The monoisotopic (exact) mass is 468 g/mol. The maximum atomic E-state index is 13.8. The number of fused-ring (bicyclic) bond motifs is 1. The number of ketones is 1. The van der Waals surface area contributed by atoms with Gasteiger partial charge in [-0.25, -0.2) is 4.98 Å². The van der Waals surface area contributed by atoms with E-state index in [2.05, 4.69) is 10.3 Å². The molecule has 1 N–H and O–H groups in total. The van der Waals surface area contributed by atoms with Gasteiger partial charge in [-0.3, -0.25) is 14.5 Å². The van der Waals surface area contributed by atoms with Crippen LogP contribution in [0.15, 0.2) is 11.4 Å². The number of nitrogens with zero attached hydrogens (tertiary/aromatic N) is 3. The van der Waals surface area contributed by atoms with E-state index in [1.807, 2.05) is 16.7 Å². The van der Waals surface area contributed by atoms with Crippen molar-refractivity contribution < 1.29 is 22.8 Å². The maximum absolute atomic E-state index is 13.8. The Bertz CT molecular complexity index is 1020. The standard InChI is InChI=1S/C22H27F3N4O2S/c1-3-17(30)15-12-32-21-16(22(23,24)25)8-18(27-20(15)21)29-7-6-28(13(2)10-29)11-19(31)26-9-14-4-5-14/h8,12-14H,3-7,9-11H2,1-2H3,(H,26,31). The van der Waals surface area contributed by atoms with Gasteiger partial charge in [-0.2, -0.15) is 13.2 Å². The number of thiophene rings is 1. The third kappa shape index (κ3) is 4.91. The molecule has 2 fully saturated rings. The molecule has 1 amide bonds. The van der Waals surface area contributed by atoms with Crippen LogP contribution in [0.3, 0.4) is 0 Å². The number of hydrogen-bond acceptors (Lipinski definition) is 6. The number of halogens is 3. The van der Waals surface area contributed by atoms with Crippen LogP contribution < -0.4 is 10.2 Å². The van der Waals surface area contributed by atoms with Crippen LogP contribution in [0.1, 0.15) is 49.0 Å².